The maximum absolute atomic E-state index is 12.8. The Balaban J connectivity index is 1.86. The summed E-state index contributed by atoms with van der Waals surface area (Å²) >= 11 is 0. The zero-order chi connectivity index (χ0) is 16.7. The van der Waals surface area contributed by atoms with Crippen LogP contribution in [-0.4, -0.2) is 34.6 Å². The number of hydrogen-bond acceptors (Lipinski definition) is 5. The van der Waals surface area contributed by atoms with Crippen molar-refractivity contribution in [2.45, 2.75) is 6.18 Å². The summed E-state index contributed by atoms with van der Waals surface area (Å²) in [6, 6.07) is 3.89. The first-order valence-electron chi connectivity index (χ1n) is 6.77. The average Bonchev–Trinajstić information content (AvgIpc) is 3.22. The Hall–Kier alpha value is -3.30. The van der Waals surface area contributed by atoms with Gasteiger partial charge in [0.15, 0.2) is 11.5 Å². The van der Waals surface area contributed by atoms with Crippen LogP contribution in [0.1, 0.15) is 5.56 Å². The lowest BCUT2D eigenvalue weighted by Crippen LogP contribution is -2.06. The number of rotatable bonds is 2. The summed E-state index contributed by atoms with van der Waals surface area (Å²) in [6.45, 7) is 0. The zero-order valence-corrected chi connectivity index (χ0v) is 11.9. The van der Waals surface area contributed by atoms with E-state index < -0.39 is 11.7 Å². The van der Waals surface area contributed by atoms with Crippen molar-refractivity contribution in [3.05, 3.63) is 54.7 Å². The van der Waals surface area contributed by atoms with Gasteiger partial charge in [0.25, 0.3) is 0 Å². The molecule has 0 saturated heterocycles. The molecule has 0 N–H and O–H groups in total. The highest BCUT2D eigenvalue weighted by Gasteiger charge is 2.31. The smallest absolute Gasteiger partial charge is 0.262 e. The lowest BCUT2D eigenvalue weighted by atomic mass is 10.2. The second-order valence-corrected chi connectivity index (χ2v) is 4.87. The fraction of sp³-hybridized carbons (Fsp3) is 0.0714. The molecule has 120 valence electrons. The minimum Gasteiger partial charge on any atom is -0.262 e. The van der Waals surface area contributed by atoms with Gasteiger partial charge in [-0.25, -0.2) is 9.50 Å². The van der Waals surface area contributed by atoms with Crippen molar-refractivity contribution in [1.29, 1.82) is 0 Å². The summed E-state index contributed by atoms with van der Waals surface area (Å²) in [6.07, 6.45) is 2.53. The Morgan fingerprint density at radius 1 is 0.958 bits per heavy atom. The van der Waals surface area contributed by atoms with Gasteiger partial charge in [-0.2, -0.15) is 23.4 Å². The Kier molecular flexibility index (Phi) is 3.05. The van der Waals surface area contributed by atoms with E-state index in [2.05, 4.69) is 25.3 Å². The fourth-order valence-corrected chi connectivity index (χ4v) is 2.24. The number of hydrogen-bond donors (Lipinski definition) is 0. The number of pyridine rings is 2. The standard InChI is InChI=1S/C14H8F3N7/c15-14(16,17)9-1-2-12-21-13(22-23(12)8-9)10-3-4-18-7-11(10)24-19-5-6-20-24/h1-8H. The number of aromatic nitrogens is 7. The summed E-state index contributed by atoms with van der Waals surface area (Å²) in [7, 11) is 0. The van der Waals surface area contributed by atoms with Crippen LogP contribution in [0.3, 0.4) is 0 Å². The van der Waals surface area contributed by atoms with Crippen LogP contribution in [0, 0.1) is 0 Å². The molecular weight excluding hydrogens is 323 g/mol. The van der Waals surface area contributed by atoms with E-state index in [1.807, 2.05) is 0 Å². The molecule has 0 aliphatic carbocycles. The van der Waals surface area contributed by atoms with E-state index in [4.69, 9.17) is 0 Å². The molecule has 0 radical (unpaired) electrons. The van der Waals surface area contributed by atoms with Crippen molar-refractivity contribution in [1.82, 2.24) is 34.6 Å². The van der Waals surface area contributed by atoms with Crippen molar-refractivity contribution >= 4 is 5.65 Å². The Labute approximate surface area is 132 Å². The van der Waals surface area contributed by atoms with Gasteiger partial charge >= 0.3 is 6.18 Å². The minimum atomic E-state index is -4.44. The molecule has 0 aromatic carbocycles. The van der Waals surface area contributed by atoms with Crippen LogP contribution in [0.5, 0.6) is 0 Å². The summed E-state index contributed by atoms with van der Waals surface area (Å²) in [5.74, 6) is 0.254. The molecular formula is C14H8F3N7. The van der Waals surface area contributed by atoms with Gasteiger partial charge in [-0.15, -0.1) is 9.90 Å². The highest BCUT2D eigenvalue weighted by Crippen LogP contribution is 2.29. The molecule has 24 heavy (non-hydrogen) atoms. The van der Waals surface area contributed by atoms with Crippen LogP contribution in [0.15, 0.2) is 49.2 Å². The Morgan fingerprint density at radius 3 is 2.50 bits per heavy atom. The summed E-state index contributed by atoms with van der Waals surface area (Å²) < 4.78 is 39.5. The molecule has 4 heterocycles. The van der Waals surface area contributed by atoms with Gasteiger partial charge < -0.3 is 0 Å². The number of fused-ring (bicyclic) bond motifs is 1. The number of nitrogens with zero attached hydrogens (tertiary/aromatic N) is 7. The second-order valence-electron chi connectivity index (χ2n) is 4.87. The van der Waals surface area contributed by atoms with E-state index >= 15 is 0 Å². The average molecular weight is 331 g/mol. The molecule has 0 bridgehead atoms. The molecule has 4 rings (SSSR count). The van der Waals surface area contributed by atoms with E-state index in [1.165, 1.54) is 35.7 Å². The molecule has 0 spiro atoms. The predicted octanol–water partition coefficient (Wildman–Crippen LogP) is 2.39. The van der Waals surface area contributed by atoms with Crippen molar-refractivity contribution < 1.29 is 13.2 Å². The summed E-state index contributed by atoms with van der Waals surface area (Å²) in [4.78, 5) is 9.62. The monoisotopic (exact) mass is 331 g/mol. The lowest BCUT2D eigenvalue weighted by molar-refractivity contribution is -0.137. The van der Waals surface area contributed by atoms with Gasteiger partial charge in [0.1, 0.15) is 5.69 Å². The first kappa shape index (κ1) is 14.3. The van der Waals surface area contributed by atoms with E-state index in [1.54, 1.807) is 6.07 Å². The fourth-order valence-electron chi connectivity index (χ4n) is 2.24. The molecule has 0 fully saturated rings. The van der Waals surface area contributed by atoms with Gasteiger partial charge in [-0.05, 0) is 18.2 Å². The molecule has 10 heteroatoms. The van der Waals surface area contributed by atoms with Crippen LogP contribution < -0.4 is 0 Å². The van der Waals surface area contributed by atoms with Crippen molar-refractivity contribution in [2.24, 2.45) is 0 Å². The minimum absolute atomic E-state index is 0.254. The summed E-state index contributed by atoms with van der Waals surface area (Å²) in [5.41, 5.74) is 0.581. The van der Waals surface area contributed by atoms with Crippen molar-refractivity contribution in [2.75, 3.05) is 0 Å². The zero-order valence-electron chi connectivity index (χ0n) is 11.9. The van der Waals surface area contributed by atoms with E-state index in [0.717, 1.165) is 16.8 Å². The molecule has 0 atom stereocenters. The molecule has 0 unspecified atom stereocenters. The third-order valence-corrected chi connectivity index (χ3v) is 3.33. The molecule has 7 nitrogen and oxygen atoms in total. The molecule has 4 aromatic heterocycles. The maximum atomic E-state index is 12.8. The van der Waals surface area contributed by atoms with Gasteiger partial charge in [-0.3, -0.25) is 4.98 Å². The molecule has 0 saturated carbocycles. The molecule has 4 aromatic rings. The Bertz CT molecular complexity index is 1000. The van der Waals surface area contributed by atoms with Crippen LogP contribution >= 0.6 is 0 Å². The first-order chi connectivity index (χ1) is 11.5. The van der Waals surface area contributed by atoms with Gasteiger partial charge in [0.05, 0.1) is 29.7 Å². The first-order valence-corrected chi connectivity index (χ1v) is 6.77. The third-order valence-electron chi connectivity index (χ3n) is 3.33. The van der Waals surface area contributed by atoms with Crippen molar-refractivity contribution in [3.63, 3.8) is 0 Å². The number of halogens is 3. The predicted molar refractivity (Wildman–Crippen MR) is 76.1 cm³/mol. The third kappa shape index (κ3) is 2.37. The molecule has 0 aliphatic rings. The largest absolute Gasteiger partial charge is 0.417 e. The summed E-state index contributed by atoms with van der Waals surface area (Å²) in [5, 5.41) is 12.2. The molecule has 0 amide bonds. The van der Waals surface area contributed by atoms with E-state index in [9.17, 15) is 13.2 Å². The van der Waals surface area contributed by atoms with Crippen LogP contribution in [0.2, 0.25) is 0 Å². The van der Waals surface area contributed by atoms with Crippen LogP contribution in [0.25, 0.3) is 22.7 Å². The Morgan fingerprint density at radius 2 is 1.75 bits per heavy atom. The van der Waals surface area contributed by atoms with Gasteiger partial charge in [-0.1, -0.05) is 0 Å². The van der Waals surface area contributed by atoms with E-state index in [0.29, 0.717) is 16.9 Å². The highest BCUT2D eigenvalue weighted by atomic mass is 19.4. The lowest BCUT2D eigenvalue weighted by Gasteiger charge is -2.05. The topological polar surface area (TPSA) is 73.8 Å². The SMILES string of the molecule is FC(F)(F)c1ccc2nc(-c3ccncc3-n3nccn3)nn2c1. The van der Waals surface area contributed by atoms with Gasteiger partial charge in [0, 0.05) is 12.4 Å². The number of alkyl halides is 3. The van der Waals surface area contributed by atoms with Crippen molar-refractivity contribution in [3.8, 4) is 17.1 Å². The maximum Gasteiger partial charge on any atom is 0.417 e. The van der Waals surface area contributed by atoms with Gasteiger partial charge in [0.2, 0.25) is 0 Å². The normalized spacial score (nSPS) is 12.0. The van der Waals surface area contributed by atoms with E-state index in [-0.39, 0.29) is 5.82 Å². The molecule has 0 aliphatic heterocycles. The highest BCUT2D eigenvalue weighted by molar-refractivity contribution is 5.67. The van der Waals surface area contributed by atoms with Crippen LogP contribution in [-0.2, 0) is 6.18 Å². The van der Waals surface area contributed by atoms with Crippen LogP contribution in [0.4, 0.5) is 13.2 Å². The quantitative estimate of drug-likeness (QED) is 0.564. The second kappa shape index (κ2) is 5.11.